The molecule has 0 radical (unpaired) electrons. The molecule has 1 amide bonds. The quantitative estimate of drug-likeness (QED) is 0.503. The Labute approximate surface area is 173 Å². The first-order valence-corrected chi connectivity index (χ1v) is 9.80. The maximum absolute atomic E-state index is 12.3. The lowest BCUT2D eigenvalue weighted by Gasteiger charge is -2.10. The molecule has 0 aromatic heterocycles. The molecule has 2 rings (SSSR count). The van der Waals surface area contributed by atoms with Crippen LogP contribution in [0.25, 0.3) is 6.08 Å². The van der Waals surface area contributed by atoms with Gasteiger partial charge in [-0.3, -0.25) is 4.79 Å². The maximum Gasteiger partial charge on any atom is 0.344 e. The fourth-order valence-corrected chi connectivity index (χ4v) is 3.41. The third-order valence-corrected chi connectivity index (χ3v) is 4.76. The molecule has 1 heterocycles. The first-order chi connectivity index (χ1) is 13.9. The highest BCUT2D eigenvalue weighted by Crippen LogP contribution is 2.40. The lowest BCUT2D eigenvalue weighted by atomic mass is 10.1. The second-order valence-electron chi connectivity index (χ2n) is 5.73. The molecule has 7 nitrogen and oxygen atoms in total. The predicted molar refractivity (Wildman–Crippen MR) is 113 cm³/mol. The normalized spacial score (nSPS) is 16.2. The van der Waals surface area contributed by atoms with Crippen molar-refractivity contribution in [1.82, 2.24) is 0 Å². The number of rotatable bonds is 8. The van der Waals surface area contributed by atoms with Crippen molar-refractivity contribution in [2.75, 3.05) is 20.3 Å². The Kier molecular flexibility index (Phi) is 8.09. The van der Waals surface area contributed by atoms with E-state index in [4.69, 9.17) is 14.2 Å². The molecule has 1 aromatic carbocycles. The highest BCUT2D eigenvalue weighted by Gasteiger charge is 2.33. The van der Waals surface area contributed by atoms with Gasteiger partial charge in [0.25, 0.3) is 0 Å². The van der Waals surface area contributed by atoms with Crippen molar-refractivity contribution in [3.05, 3.63) is 52.7 Å². The minimum Gasteiger partial charge on any atom is -0.506 e. The van der Waals surface area contributed by atoms with E-state index in [1.54, 1.807) is 44.2 Å². The predicted octanol–water partition coefficient (Wildman–Crippen LogP) is 4.06. The summed E-state index contributed by atoms with van der Waals surface area (Å²) in [5.74, 6) is -0.338. The Morgan fingerprint density at radius 3 is 2.66 bits per heavy atom. The van der Waals surface area contributed by atoms with Gasteiger partial charge in [-0.2, -0.15) is 0 Å². The Morgan fingerprint density at radius 2 is 2.03 bits per heavy atom. The number of nitrogens with zero attached hydrogens (tertiary/aromatic N) is 1. The average Bonchev–Trinajstić information content (AvgIpc) is 3.01. The van der Waals surface area contributed by atoms with Crippen molar-refractivity contribution in [1.29, 1.82) is 0 Å². The molecular weight excluding hydrogens is 394 g/mol. The van der Waals surface area contributed by atoms with Crippen LogP contribution in [0.3, 0.4) is 0 Å². The van der Waals surface area contributed by atoms with Crippen LogP contribution in [0.1, 0.15) is 25.8 Å². The molecule has 0 fully saturated rings. The number of amides is 1. The number of methoxy groups -OCH3 is 1. The van der Waals surface area contributed by atoms with Gasteiger partial charge in [0, 0.05) is 6.42 Å². The van der Waals surface area contributed by atoms with Crippen LogP contribution >= 0.6 is 11.8 Å². The number of aliphatic hydroxyl groups is 1. The van der Waals surface area contributed by atoms with Gasteiger partial charge >= 0.3 is 5.97 Å². The summed E-state index contributed by atoms with van der Waals surface area (Å²) < 4.78 is 15.9. The number of thioether (sulfide) groups is 1. The smallest absolute Gasteiger partial charge is 0.344 e. The van der Waals surface area contributed by atoms with E-state index in [-0.39, 0.29) is 29.4 Å². The van der Waals surface area contributed by atoms with E-state index in [9.17, 15) is 14.7 Å². The van der Waals surface area contributed by atoms with E-state index in [1.807, 2.05) is 0 Å². The number of carbonyl (C=O) groups excluding carboxylic acids is 2. The van der Waals surface area contributed by atoms with Crippen LogP contribution in [0.4, 0.5) is 0 Å². The van der Waals surface area contributed by atoms with Crippen molar-refractivity contribution < 1.29 is 28.9 Å². The van der Waals surface area contributed by atoms with E-state index >= 15 is 0 Å². The Morgan fingerprint density at radius 1 is 1.28 bits per heavy atom. The van der Waals surface area contributed by atoms with Gasteiger partial charge in [-0.15, -0.1) is 0 Å². The van der Waals surface area contributed by atoms with Crippen LogP contribution in [-0.4, -0.2) is 42.4 Å². The average molecular weight is 417 g/mol. The zero-order valence-electron chi connectivity index (χ0n) is 16.6. The van der Waals surface area contributed by atoms with E-state index in [1.165, 1.54) is 7.11 Å². The van der Waals surface area contributed by atoms with Crippen LogP contribution in [0.15, 0.2) is 52.1 Å². The second kappa shape index (κ2) is 10.5. The summed E-state index contributed by atoms with van der Waals surface area (Å²) in [6, 6.07) is 5.24. The zero-order chi connectivity index (χ0) is 21.4. The first-order valence-electron chi connectivity index (χ1n) is 8.98. The van der Waals surface area contributed by atoms with Gasteiger partial charge in [0.15, 0.2) is 11.5 Å². The summed E-state index contributed by atoms with van der Waals surface area (Å²) in [7, 11) is 1.52. The van der Waals surface area contributed by atoms with Crippen molar-refractivity contribution in [3.63, 3.8) is 0 Å². The molecule has 1 aliphatic heterocycles. The molecule has 0 saturated heterocycles. The lowest BCUT2D eigenvalue weighted by Crippen LogP contribution is -2.14. The van der Waals surface area contributed by atoms with Crippen molar-refractivity contribution >= 4 is 34.8 Å². The number of esters is 1. The van der Waals surface area contributed by atoms with Gasteiger partial charge < -0.3 is 19.3 Å². The molecule has 154 valence electrons. The molecule has 1 N–H and O–H groups in total. The third-order valence-electron chi connectivity index (χ3n) is 3.74. The molecule has 0 atom stereocenters. The van der Waals surface area contributed by atoms with Crippen molar-refractivity contribution in [3.8, 4) is 11.5 Å². The highest BCUT2D eigenvalue weighted by atomic mass is 32.2. The Bertz CT molecular complexity index is 900. The summed E-state index contributed by atoms with van der Waals surface area (Å²) >= 11 is 1.03. The summed E-state index contributed by atoms with van der Waals surface area (Å²) in [6.45, 7) is 7.41. The fraction of sp³-hybridized carbons (Fsp3) is 0.286. The minimum atomic E-state index is -0.727. The first kappa shape index (κ1) is 22.3. The molecular formula is C21H23NO6S. The standard InChI is InChI=1S/C21H23NO6S/c1-5-10-28-14-9-8-13(11-15(14)26-4)12-16-19(24)18(21(25)27-7-3)20(29-16)22-17(23)6-2/h5,8-9,11-12,24H,1,6-7,10H2,2-4H3/b16-12-,22-20?. The largest absolute Gasteiger partial charge is 0.506 e. The topological polar surface area (TPSA) is 94.4 Å². The van der Waals surface area contributed by atoms with Gasteiger partial charge in [-0.25, -0.2) is 9.79 Å². The minimum absolute atomic E-state index is 0.109. The number of benzene rings is 1. The molecule has 0 spiro atoms. The fourth-order valence-electron chi connectivity index (χ4n) is 2.38. The van der Waals surface area contributed by atoms with Crippen molar-refractivity contribution in [2.45, 2.75) is 20.3 Å². The number of hydrogen-bond donors (Lipinski definition) is 1. The number of aliphatic imine (C=N–C) groups is 1. The Hall–Kier alpha value is -3.00. The van der Waals surface area contributed by atoms with Gasteiger partial charge in [0.2, 0.25) is 5.91 Å². The van der Waals surface area contributed by atoms with Crippen LogP contribution in [-0.2, 0) is 14.3 Å². The second-order valence-corrected chi connectivity index (χ2v) is 6.76. The number of hydrogen-bond acceptors (Lipinski definition) is 7. The molecule has 0 unspecified atom stereocenters. The van der Waals surface area contributed by atoms with Crippen LogP contribution in [0, 0.1) is 0 Å². The molecule has 1 aliphatic rings. The molecule has 1 aromatic rings. The summed E-state index contributed by atoms with van der Waals surface area (Å²) in [5.41, 5.74) is 0.593. The zero-order valence-corrected chi connectivity index (χ0v) is 17.4. The lowest BCUT2D eigenvalue weighted by molar-refractivity contribution is -0.138. The highest BCUT2D eigenvalue weighted by molar-refractivity contribution is 8.18. The van der Waals surface area contributed by atoms with E-state index in [0.29, 0.717) is 28.6 Å². The SMILES string of the molecule is C=CCOc1ccc(/C=C2\SC(=NC(=O)CC)C(C(=O)OCC)=C2O)cc1OC. The van der Waals surface area contributed by atoms with Gasteiger partial charge in [0.1, 0.15) is 23.0 Å². The van der Waals surface area contributed by atoms with Gasteiger partial charge in [0.05, 0.1) is 18.6 Å². The maximum atomic E-state index is 12.3. The Balaban J connectivity index is 2.44. The summed E-state index contributed by atoms with van der Waals surface area (Å²) in [5, 5.41) is 10.7. The number of carbonyl (C=O) groups is 2. The monoisotopic (exact) mass is 417 g/mol. The molecule has 8 heteroatoms. The van der Waals surface area contributed by atoms with Gasteiger partial charge in [-0.05, 0) is 30.7 Å². The molecule has 29 heavy (non-hydrogen) atoms. The molecule has 0 bridgehead atoms. The third kappa shape index (κ3) is 5.51. The number of aliphatic hydroxyl groups excluding tert-OH is 1. The van der Waals surface area contributed by atoms with Crippen LogP contribution in [0.2, 0.25) is 0 Å². The van der Waals surface area contributed by atoms with Crippen molar-refractivity contribution in [2.24, 2.45) is 4.99 Å². The van der Waals surface area contributed by atoms with Crippen LogP contribution in [0.5, 0.6) is 11.5 Å². The van der Waals surface area contributed by atoms with E-state index in [2.05, 4.69) is 11.6 Å². The molecule has 0 aliphatic carbocycles. The summed E-state index contributed by atoms with van der Waals surface area (Å²) in [4.78, 5) is 28.3. The molecule has 0 saturated carbocycles. The summed E-state index contributed by atoms with van der Waals surface area (Å²) in [6.07, 6.45) is 3.48. The van der Waals surface area contributed by atoms with E-state index in [0.717, 1.165) is 11.8 Å². The van der Waals surface area contributed by atoms with Gasteiger partial charge in [-0.1, -0.05) is 37.4 Å². The number of ether oxygens (including phenoxy) is 3. The van der Waals surface area contributed by atoms with Crippen LogP contribution < -0.4 is 9.47 Å². The van der Waals surface area contributed by atoms with E-state index < -0.39 is 11.9 Å².